The lowest BCUT2D eigenvalue weighted by atomic mass is 10.4. The maximum atomic E-state index is 12.2. The van der Waals surface area contributed by atoms with Crippen molar-refractivity contribution < 1.29 is 34.8 Å². The number of carbonyl (C=O) groups is 2. The highest BCUT2D eigenvalue weighted by atomic mass is 32.2. The van der Waals surface area contributed by atoms with Crippen LogP contribution in [0.25, 0.3) is 0 Å². The standard InChI is InChI=1S/C14H20N2O8S3/c1-5-25(19,20)10-12(17)15-8-9-16-14(18)13(27(23,24)7-3)11(4)26(21,22)6-2/h5-7,13H,1-4,8-10H2,(H,15,17)(H,16,18). The molecule has 0 saturated heterocycles. The van der Waals surface area contributed by atoms with E-state index < -0.39 is 57.2 Å². The van der Waals surface area contributed by atoms with E-state index in [-0.39, 0.29) is 13.1 Å². The Hall–Kier alpha value is -2.25. The van der Waals surface area contributed by atoms with E-state index >= 15 is 0 Å². The summed E-state index contributed by atoms with van der Waals surface area (Å²) >= 11 is 0. The van der Waals surface area contributed by atoms with Crippen LogP contribution in [-0.4, -0.2) is 61.2 Å². The summed E-state index contributed by atoms with van der Waals surface area (Å²) in [6.45, 7) is 11.7. The Balaban J connectivity index is 5.08. The van der Waals surface area contributed by atoms with Crippen molar-refractivity contribution in [1.29, 1.82) is 0 Å². The van der Waals surface area contributed by atoms with Crippen molar-refractivity contribution >= 4 is 41.3 Å². The van der Waals surface area contributed by atoms with Gasteiger partial charge in [0.05, 0.1) is 4.91 Å². The molecule has 1 unspecified atom stereocenters. The molecule has 0 rings (SSSR count). The Morgan fingerprint density at radius 1 is 0.852 bits per heavy atom. The lowest BCUT2D eigenvalue weighted by Gasteiger charge is -2.17. The minimum absolute atomic E-state index is 0.237. The molecule has 0 aliphatic rings. The summed E-state index contributed by atoms with van der Waals surface area (Å²) in [4.78, 5) is 22.7. The number of hydrogen-bond donors (Lipinski definition) is 2. The first-order chi connectivity index (χ1) is 12.2. The third-order valence-electron chi connectivity index (χ3n) is 3.01. The van der Waals surface area contributed by atoms with Crippen LogP contribution in [0.3, 0.4) is 0 Å². The molecule has 1 atom stereocenters. The molecule has 2 amide bonds. The van der Waals surface area contributed by atoms with Crippen molar-refractivity contribution in [3.63, 3.8) is 0 Å². The summed E-state index contributed by atoms with van der Waals surface area (Å²) in [7, 11) is -12.4. The van der Waals surface area contributed by atoms with Crippen molar-refractivity contribution in [2.75, 3.05) is 18.8 Å². The minimum Gasteiger partial charge on any atom is -0.353 e. The minimum atomic E-state index is -4.39. The van der Waals surface area contributed by atoms with Crippen molar-refractivity contribution in [2.24, 2.45) is 0 Å². The highest BCUT2D eigenvalue weighted by Gasteiger charge is 2.37. The molecule has 0 aromatic rings. The molecule has 2 N–H and O–H groups in total. The summed E-state index contributed by atoms with van der Waals surface area (Å²) in [6.07, 6.45) is 0. The Bertz CT molecular complexity index is 960. The van der Waals surface area contributed by atoms with E-state index in [1.807, 2.05) is 0 Å². The van der Waals surface area contributed by atoms with E-state index in [4.69, 9.17) is 0 Å². The van der Waals surface area contributed by atoms with Gasteiger partial charge in [0.15, 0.2) is 34.8 Å². The van der Waals surface area contributed by atoms with E-state index in [1.54, 1.807) is 0 Å². The molecule has 27 heavy (non-hydrogen) atoms. The molecule has 13 heteroatoms. The monoisotopic (exact) mass is 440 g/mol. The second-order valence-corrected chi connectivity index (χ2v) is 10.8. The number of nitrogens with one attached hydrogen (secondary N) is 2. The number of carbonyl (C=O) groups excluding carboxylic acids is 2. The predicted molar refractivity (Wildman–Crippen MR) is 101 cm³/mol. The van der Waals surface area contributed by atoms with Gasteiger partial charge in [0, 0.05) is 29.3 Å². The molecule has 0 radical (unpaired) electrons. The zero-order valence-corrected chi connectivity index (χ0v) is 16.7. The lowest BCUT2D eigenvalue weighted by Crippen LogP contribution is -2.44. The van der Waals surface area contributed by atoms with Crippen molar-refractivity contribution in [3.05, 3.63) is 47.4 Å². The van der Waals surface area contributed by atoms with Crippen LogP contribution in [0.4, 0.5) is 0 Å². The topological polar surface area (TPSA) is 161 Å². The van der Waals surface area contributed by atoms with E-state index in [9.17, 15) is 34.8 Å². The van der Waals surface area contributed by atoms with Crippen LogP contribution in [0.15, 0.2) is 47.4 Å². The number of rotatable bonds is 12. The molecular formula is C14H20N2O8S3. The maximum Gasteiger partial charge on any atom is 0.244 e. The lowest BCUT2D eigenvalue weighted by molar-refractivity contribution is -0.121. The Labute approximate surface area is 158 Å². The van der Waals surface area contributed by atoms with Gasteiger partial charge in [-0.3, -0.25) is 9.59 Å². The fourth-order valence-corrected chi connectivity index (χ4v) is 4.55. The largest absolute Gasteiger partial charge is 0.353 e. The first-order valence-corrected chi connectivity index (χ1v) is 11.9. The van der Waals surface area contributed by atoms with Gasteiger partial charge in [-0.1, -0.05) is 26.3 Å². The number of sulfone groups is 3. The molecule has 0 aliphatic heterocycles. The normalized spacial score (nSPS) is 13.0. The molecule has 0 spiro atoms. The highest BCUT2D eigenvalue weighted by molar-refractivity contribution is 8.01. The van der Waals surface area contributed by atoms with Gasteiger partial charge in [-0.05, 0) is 0 Å². The summed E-state index contributed by atoms with van der Waals surface area (Å²) in [5.74, 6) is -2.91. The average molecular weight is 441 g/mol. The van der Waals surface area contributed by atoms with Crippen LogP contribution in [0.5, 0.6) is 0 Å². The summed E-state index contributed by atoms with van der Waals surface area (Å²) in [5, 5.41) is 3.64. The van der Waals surface area contributed by atoms with Gasteiger partial charge < -0.3 is 10.6 Å². The highest BCUT2D eigenvalue weighted by Crippen LogP contribution is 2.19. The van der Waals surface area contributed by atoms with Crippen LogP contribution in [-0.2, 0) is 39.1 Å². The Morgan fingerprint density at radius 3 is 1.81 bits per heavy atom. The molecule has 152 valence electrons. The third-order valence-corrected chi connectivity index (χ3v) is 7.36. The molecule has 0 fully saturated rings. The molecule has 0 aromatic carbocycles. The van der Waals surface area contributed by atoms with Gasteiger partial charge in [0.2, 0.25) is 11.8 Å². The van der Waals surface area contributed by atoms with Crippen LogP contribution in [0, 0.1) is 0 Å². The molecule has 0 bridgehead atoms. The van der Waals surface area contributed by atoms with E-state index in [0.717, 1.165) is 0 Å². The van der Waals surface area contributed by atoms with Gasteiger partial charge in [-0.25, -0.2) is 25.3 Å². The van der Waals surface area contributed by atoms with Gasteiger partial charge in [-0.2, -0.15) is 0 Å². The maximum absolute atomic E-state index is 12.2. The van der Waals surface area contributed by atoms with Crippen molar-refractivity contribution in [1.82, 2.24) is 10.6 Å². The van der Waals surface area contributed by atoms with Crippen molar-refractivity contribution in [2.45, 2.75) is 5.25 Å². The van der Waals surface area contributed by atoms with Crippen molar-refractivity contribution in [3.8, 4) is 0 Å². The van der Waals surface area contributed by atoms with Crippen LogP contribution in [0.1, 0.15) is 0 Å². The van der Waals surface area contributed by atoms with E-state index in [1.165, 1.54) is 0 Å². The Kier molecular flexibility index (Phi) is 8.82. The second kappa shape index (κ2) is 9.62. The van der Waals surface area contributed by atoms with Crippen LogP contribution < -0.4 is 10.6 Å². The first kappa shape index (κ1) is 24.8. The number of hydrogen-bond acceptors (Lipinski definition) is 8. The van der Waals surface area contributed by atoms with Crippen LogP contribution in [0.2, 0.25) is 0 Å². The summed E-state index contributed by atoms with van der Waals surface area (Å²) in [5.41, 5.74) is 0. The van der Waals surface area contributed by atoms with Gasteiger partial charge >= 0.3 is 0 Å². The predicted octanol–water partition coefficient (Wildman–Crippen LogP) is -1.22. The van der Waals surface area contributed by atoms with Gasteiger partial charge in [0.1, 0.15) is 5.75 Å². The zero-order chi connectivity index (χ0) is 21.5. The Morgan fingerprint density at radius 2 is 1.37 bits per heavy atom. The molecule has 0 heterocycles. The van der Waals surface area contributed by atoms with Gasteiger partial charge in [0.25, 0.3) is 0 Å². The smallest absolute Gasteiger partial charge is 0.244 e. The molecule has 10 nitrogen and oxygen atoms in total. The fourth-order valence-electron chi connectivity index (χ4n) is 1.60. The summed E-state index contributed by atoms with van der Waals surface area (Å²) < 4.78 is 69.9. The quantitative estimate of drug-likeness (QED) is 0.357. The SMILES string of the molecule is C=CS(=O)(=O)CC(=O)NCCNC(=O)C(C(=C)S(=O)(=O)C=C)S(=O)(=O)C=C. The van der Waals surface area contributed by atoms with Gasteiger partial charge in [-0.15, -0.1) is 0 Å². The number of amides is 2. The first-order valence-electron chi connectivity index (χ1n) is 7.06. The molecular weight excluding hydrogens is 420 g/mol. The fraction of sp³-hybridized carbons (Fsp3) is 0.286. The van der Waals surface area contributed by atoms with E-state index in [2.05, 4.69) is 36.9 Å². The van der Waals surface area contributed by atoms with Crippen LogP contribution >= 0.6 is 0 Å². The molecule has 0 saturated carbocycles. The molecule has 0 aromatic heterocycles. The zero-order valence-electron chi connectivity index (χ0n) is 14.2. The average Bonchev–Trinajstić information content (AvgIpc) is 2.58. The van der Waals surface area contributed by atoms with E-state index in [0.29, 0.717) is 16.2 Å². The third kappa shape index (κ3) is 7.48. The summed E-state index contributed by atoms with van der Waals surface area (Å²) in [6, 6.07) is 0. The second-order valence-electron chi connectivity index (χ2n) is 4.93. The molecule has 0 aliphatic carbocycles.